The second kappa shape index (κ2) is 10.3. The lowest BCUT2D eigenvalue weighted by Gasteiger charge is -2.29. The Bertz CT molecular complexity index is 698. The Hall–Kier alpha value is -1.10. The van der Waals surface area contributed by atoms with Crippen LogP contribution in [0.3, 0.4) is 0 Å². The molecule has 0 atom stereocenters. The third-order valence-corrected chi connectivity index (χ3v) is 6.20. The van der Waals surface area contributed by atoms with Crippen LogP contribution in [0.2, 0.25) is 0 Å². The number of benzene rings is 1. The highest BCUT2D eigenvalue weighted by molar-refractivity contribution is 14.1. The number of anilines is 1. The van der Waals surface area contributed by atoms with Gasteiger partial charge < -0.3 is 4.90 Å². The first-order valence-electron chi connectivity index (χ1n) is 9.98. The highest BCUT2D eigenvalue weighted by atomic mass is 127. The van der Waals surface area contributed by atoms with Crippen molar-refractivity contribution >= 4 is 34.0 Å². The number of hydrogen-bond acceptors (Lipinski definition) is 4. The minimum atomic E-state index is -4.76. The highest BCUT2D eigenvalue weighted by Crippen LogP contribution is 2.39. The summed E-state index contributed by atoms with van der Waals surface area (Å²) in [4.78, 5) is 14.1. The number of nitrogens with zero attached hydrogens (tertiary/aromatic N) is 3. The van der Waals surface area contributed by atoms with Crippen molar-refractivity contribution in [1.29, 1.82) is 0 Å². The van der Waals surface area contributed by atoms with E-state index in [1.165, 1.54) is 36.2 Å². The predicted molar refractivity (Wildman–Crippen MR) is 118 cm³/mol. The van der Waals surface area contributed by atoms with Gasteiger partial charge in [0.2, 0.25) is 0 Å². The van der Waals surface area contributed by atoms with E-state index in [9.17, 15) is 23.3 Å². The van der Waals surface area contributed by atoms with E-state index in [1.54, 1.807) is 0 Å². The van der Waals surface area contributed by atoms with Crippen molar-refractivity contribution in [3.63, 3.8) is 0 Å². The van der Waals surface area contributed by atoms with Crippen molar-refractivity contribution in [2.75, 3.05) is 29.1 Å². The maximum Gasteiger partial charge on any atom is 0.423 e. The quantitative estimate of drug-likeness (QED) is 0.119. The minimum Gasteiger partial charge on any atom is -0.357 e. The molecule has 1 aliphatic rings. The van der Waals surface area contributed by atoms with Crippen molar-refractivity contribution in [3.05, 3.63) is 33.9 Å². The van der Waals surface area contributed by atoms with Gasteiger partial charge in [0.1, 0.15) is 5.56 Å². The molecule has 1 saturated heterocycles. The third kappa shape index (κ3) is 6.70. The number of nitro groups is 1. The molecule has 0 aromatic heterocycles. The third-order valence-electron chi connectivity index (χ3n) is 5.43. The molecule has 1 aromatic rings. The van der Waals surface area contributed by atoms with Crippen LogP contribution in [0.1, 0.15) is 57.9 Å². The largest absolute Gasteiger partial charge is 0.423 e. The van der Waals surface area contributed by atoms with Gasteiger partial charge in [-0.2, -0.15) is 13.2 Å². The SMILES string of the molecule is CC1(C)CN(c2ccc([N+](=O)[O-])c(C(F)(F)F)c2)CN1CCCCCCCCI. The van der Waals surface area contributed by atoms with E-state index in [0.717, 1.165) is 31.5 Å². The summed E-state index contributed by atoms with van der Waals surface area (Å²) in [6.45, 7) is 6.18. The summed E-state index contributed by atoms with van der Waals surface area (Å²) in [6, 6.07) is 3.29. The molecule has 2 rings (SSSR count). The van der Waals surface area contributed by atoms with Crippen molar-refractivity contribution in [3.8, 4) is 0 Å². The average Bonchev–Trinajstić information content (AvgIpc) is 2.94. The van der Waals surface area contributed by atoms with Crippen LogP contribution in [0, 0.1) is 10.1 Å². The molecule has 0 unspecified atom stereocenters. The van der Waals surface area contributed by atoms with Crippen LogP contribution >= 0.6 is 22.6 Å². The zero-order valence-electron chi connectivity index (χ0n) is 17.0. The molecule has 0 radical (unpaired) electrons. The molecule has 0 aliphatic carbocycles. The molecule has 9 heteroatoms. The number of hydrogen-bond donors (Lipinski definition) is 0. The van der Waals surface area contributed by atoms with Gasteiger partial charge >= 0.3 is 6.18 Å². The van der Waals surface area contributed by atoms with Crippen LogP contribution in [-0.4, -0.2) is 39.5 Å². The summed E-state index contributed by atoms with van der Waals surface area (Å²) >= 11 is 2.40. The van der Waals surface area contributed by atoms with Crippen LogP contribution in [0.5, 0.6) is 0 Å². The Morgan fingerprint density at radius 2 is 1.76 bits per heavy atom. The molecular formula is C20H29F3IN3O2. The molecule has 0 N–H and O–H groups in total. The van der Waals surface area contributed by atoms with Crippen LogP contribution in [0.4, 0.5) is 24.5 Å². The van der Waals surface area contributed by atoms with Gasteiger partial charge in [0.15, 0.2) is 0 Å². The Labute approximate surface area is 183 Å². The molecule has 0 bridgehead atoms. The molecular weight excluding hydrogens is 498 g/mol. The number of halogens is 4. The van der Waals surface area contributed by atoms with E-state index in [0.29, 0.717) is 18.9 Å². The summed E-state index contributed by atoms with van der Waals surface area (Å²) in [6.07, 6.45) is 2.47. The molecule has 1 fully saturated rings. The van der Waals surface area contributed by atoms with E-state index in [-0.39, 0.29) is 5.54 Å². The second-order valence-corrected chi connectivity index (χ2v) is 9.26. The first-order chi connectivity index (χ1) is 13.6. The lowest BCUT2D eigenvalue weighted by atomic mass is 10.0. The summed E-state index contributed by atoms with van der Waals surface area (Å²) in [5.74, 6) is 0. The smallest absolute Gasteiger partial charge is 0.357 e. The van der Waals surface area contributed by atoms with Crippen molar-refractivity contribution in [2.45, 2.75) is 64.1 Å². The van der Waals surface area contributed by atoms with Gasteiger partial charge in [-0.3, -0.25) is 15.0 Å². The maximum absolute atomic E-state index is 13.3. The molecule has 29 heavy (non-hydrogen) atoms. The zero-order valence-corrected chi connectivity index (χ0v) is 19.1. The summed E-state index contributed by atoms with van der Waals surface area (Å²) in [5.41, 5.74) is -1.89. The molecule has 1 aromatic carbocycles. The van der Waals surface area contributed by atoms with Gasteiger partial charge in [0.25, 0.3) is 5.69 Å². The molecule has 0 saturated carbocycles. The summed E-state index contributed by atoms with van der Waals surface area (Å²) in [7, 11) is 0. The Morgan fingerprint density at radius 3 is 2.34 bits per heavy atom. The van der Waals surface area contributed by atoms with Gasteiger partial charge in [-0.25, -0.2) is 0 Å². The van der Waals surface area contributed by atoms with Gasteiger partial charge in [-0.1, -0.05) is 48.3 Å². The minimum absolute atomic E-state index is 0.165. The van der Waals surface area contributed by atoms with E-state index in [1.807, 2.05) is 4.90 Å². The number of nitro benzene ring substituents is 1. The van der Waals surface area contributed by atoms with Crippen LogP contribution in [0.15, 0.2) is 18.2 Å². The predicted octanol–water partition coefficient (Wildman–Crippen LogP) is 6.25. The van der Waals surface area contributed by atoms with E-state index < -0.39 is 22.4 Å². The van der Waals surface area contributed by atoms with Gasteiger partial charge in [-0.15, -0.1) is 0 Å². The molecule has 1 aliphatic heterocycles. The first kappa shape index (κ1) is 24.2. The van der Waals surface area contributed by atoms with Gasteiger partial charge in [0, 0.05) is 30.4 Å². The molecule has 164 valence electrons. The van der Waals surface area contributed by atoms with E-state index >= 15 is 0 Å². The molecule has 1 heterocycles. The topological polar surface area (TPSA) is 49.6 Å². The summed E-state index contributed by atoms with van der Waals surface area (Å²) < 4.78 is 41.1. The average molecular weight is 527 g/mol. The second-order valence-electron chi connectivity index (χ2n) is 8.18. The standard InChI is InChI=1S/C20H29F3IN3O2/c1-19(2)14-25(15-26(19)12-8-6-4-3-5-7-11-24)16-9-10-18(27(28)29)17(13-16)20(21,22)23/h9-10,13H,3-8,11-12,14-15H2,1-2H3. The number of rotatable bonds is 10. The number of unbranched alkanes of at least 4 members (excludes halogenated alkanes) is 5. The fourth-order valence-electron chi connectivity index (χ4n) is 3.77. The molecule has 5 nitrogen and oxygen atoms in total. The Kier molecular flexibility index (Phi) is 8.57. The first-order valence-corrected chi connectivity index (χ1v) is 11.5. The fraction of sp³-hybridized carbons (Fsp3) is 0.700. The lowest BCUT2D eigenvalue weighted by Crippen LogP contribution is -2.40. The number of alkyl halides is 4. The Balaban J connectivity index is 2.01. The molecule has 0 amide bonds. The lowest BCUT2D eigenvalue weighted by molar-refractivity contribution is -0.388. The van der Waals surface area contributed by atoms with Crippen LogP contribution in [0.25, 0.3) is 0 Å². The zero-order chi connectivity index (χ0) is 21.7. The Morgan fingerprint density at radius 1 is 1.14 bits per heavy atom. The normalized spacial score (nSPS) is 17.1. The highest BCUT2D eigenvalue weighted by Gasteiger charge is 2.41. The molecule has 0 spiro atoms. The van der Waals surface area contributed by atoms with E-state index in [2.05, 4.69) is 41.3 Å². The van der Waals surface area contributed by atoms with Crippen LogP contribution < -0.4 is 4.90 Å². The van der Waals surface area contributed by atoms with Gasteiger partial charge in [0.05, 0.1) is 11.6 Å². The maximum atomic E-state index is 13.3. The monoisotopic (exact) mass is 527 g/mol. The summed E-state index contributed by atoms with van der Waals surface area (Å²) in [5, 5.41) is 11.0. The van der Waals surface area contributed by atoms with Crippen molar-refractivity contribution in [2.24, 2.45) is 0 Å². The van der Waals surface area contributed by atoms with Gasteiger partial charge in [-0.05, 0) is 43.2 Å². The van der Waals surface area contributed by atoms with Crippen molar-refractivity contribution < 1.29 is 18.1 Å². The van der Waals surface area contributed by atoms with Crippen molar-refractivity contribution in [1.82, 2.24) is 4.90 Å². The van der Waals surface area contributed by atoms with E-state index in [4.69, 9.17) is 0 Å². The van der Waals surface area contributed by atoms with Crippen LogP contribution in [-0.2, 0) is 6.18 Å². The fourth-order valence-corrected chi connectivity index (χ4v) is 4.31.